The number of pyridine rings is 1. The molecule has 2 heterocycles. The second kappa shape index (κ2) is 10.3. The van der Waals surface area contributed by atoms with Crippen molar-refractivity contribution in [3.05, 3.63) is 65.3 Å². The Morgan fingerprint density at radius 1 is 1.10 bits per heavy atom. The molecule has 3 aromatic rings. The Bertz CT molecular complexity index is 959. The molecule has 3 rings (SSSR count). The third-order valence-electron chi connectivity index (χ3n) is 3.93. The Morgan fingerprint density at radius 2 is 1.93 bits per heavy atom. The molecule has 0 spiro atoms. The highest BCUT2D eigenvalue weighted by Gasteiger charge is 2.15. The lowest BCUT2D eigenvalue weighted by atomic mass is 10.1. The van der Waals surface area contributed by atoms with E-state index in [0.29, 0.717) is 36.1 Å². The normalized spacial score (nSPS) is 10.4. The van der Waals surface area contributed by atoms with Crippen LogP contribution in [0.2, 0.25) is 0 Å². The topological polar surface area (TPSA) is 93.2 Å². The van der Waals surface area contributed by atoms with Gasteiger partial charge in [-0.25, -0.2) is 9.97 Å². The lowest BCUT2D eigenvalue weighted by Gasteiger charge is -2.09. The fourth-order valence-corrected chi connectivity index (χ4v) is 3.21. The Labute approximate surface area is 173 Å². The van der Waals surface area contributed by atoms with E-state index in [1.165, 1.54) is 11.3 Å². The number of anilines is 2. The van der Waals surface area contributed by atoms with Crippen molar-refractivity contribution in [2.45, 2.75) is 26.2 Å². The molecule has 0 saturated carbocycles. The van der Waals surface area contributed by atoms with E-state index in [0.717, 1.165) is 12.0 Å². The SMILES string of the molecule is CCCOc1cccnc1NC(=O)c1csc(NC(=O)CCc2ccccc2)n1. The van der Waals surface area contributed by atoms with Gasteiger partial charge >= 0.3 is 0 Å². The van der Waals surface area contributed by atoms with Gasteiger partial charge in [0.05, 0.1) is 6.61 Å². The number of aryl methyl sites for hydroxylation is 1. The molecule has 8 heteroatoms. The van der Waals surface area contributed by atoms with Crippen molar-refractivity contribution < 1.29 is 14.3 Å². The first-order chi connectivity index (χ1) is 14.2. The largest absolute Gasteiger partial charge is 0.490 e. The van der Waals surface area contributed by atoms with Crippen LogP contribution in [0.3, 0.4) is 0 Å². The van der Waals surface area contributed by atoms with Crippen LogP contribution in [0.4, 0.5) is 10.9 Å². The number of hydrogen-bond acceptors (Lipinski definition) is 6. The van der Waals surface area contributed by atoms with E-state index in [1.807, 2.05) is 37.3 Å². The van der Waals surface area contributed by atoms with Crippen LogP contribution in [0.5, 0.6) is 5.75 Å². The van der Waals surface area contributed by atoms with Crippen LogP contribution in [-0.4, -0.2) is 28.4 Å². The smallest absolute Gasteiger partial charge is 0.276 e. The third-order valence-corrected chi connectivity index (χ3v) is 4.69. The molecule has 0 atom stereocenters. The maximum atomic E-state index is 12.5. The fourth-order valence-electron chi connectivity index (χ4n) is 2.50. The molecule has 0 aliphatic rings. The first-order valence-corrected chi connectivity index (χ1v) is 10.2. The quantitative estimate of drug-likeness (QED) is 0.553. The molecule has 1 aromatic carbocycles. The van der Waals surface area contributed by atoms with Crippen molar-refractivity contribution in [1.82, 2.24) is 9.97 Å². The molecule has 0 aliphatic heterocycles. The molecular weight excluding hydrogens is 388 g/mol. The molecule has 0 saturated heterocycles. The molecule has 150 valence electrons. The molecule has 2 amide bonds. The number of nitrogens with one attached hydrogen (secondary N) is 2. The first kappa shape index (κ1) is 20.5. The van der Waals surface area contributed by atoms with Crippen molar-refractivity contribution in [2.75, 3.05) is 17.2 Å². The number of thiazole rings is 1. The summed E-state index contributed by atoms with van der Waals surface area (Å²) in [6.45, 7) is 2.53. The number of aromatic nitrogens is 2. The summed E-state index contributed by atoms with van der Waals surface area (Å²) >= 11 is 1.20. The van der Waals surface area contributed by atoms with Crippen LogP contribution >= 0.6 is 11.3 Å². The van der Waals surface area contributed by atoms with Gasteiger partial charge in [0.2, 0.25) is 5.91 Å². The van der Waals surface area contributed by atoms with E-state index >= 15 is 0 Å². The van der Waals surface area contributed by atoms with Crippen molar-refractivity contribution in [3.8, 4) is 5.75 Å². The van der Waals surface area contributed by atoms with Gasteiger partial charge in [-0.05, 0) is 30.5 Å². The third kappa shape index (κ3) is 6.11. The number of amides is 2. The fraction of sp³-hybridized carbons (Fsp3) is 0.238. The second-order valence-corrected chi connectivity index (χ2v) is 7.08. The van der Waals surface area contributed by atoms with Crippen LogP contribution in [0.25, 0.3) is 0 Å². The van der Waals surface area contributed by atoms with Crippen LogP contribution in [0.15, 0.2) is 54.0 Å². The average Bonchev–Trinajstić information content (AvgIpc) is 3.21. The highest BCUT2D eigenvalue weighted by atomic mass is 32.1. The van der Waals surface area contributed by atoms with Crippen LogP contribution in [0.1, 0.15) is 35.8 Å². The lowest BCUT2D eigenvalue weighted by Crippen LogP contribution is -2.15. The van der Waals surface area contributed by atoms with Gasteiger partial charge < -0.3 is 15.4 Å². The summed E-state index contributed by atoms with van der Waals surface area (Å²) in [5, 5.41) is 7.42. The van der Waals surface area contributed by atoms with Crippen LogP contribution < -0.4 is 15.4 Å². The predicted octanol–water partition coefficient (Wildman–Crippen LogP) is 4.15. The maximum Gasteiger partial charge on any atom is 0.276 e. The molecule has 0 aliphatic carbocycles. The van der Waals surface area contributed by atoms with Gasteiger partial charge in [0.15, 0.2) is 16.7 Å². The number of hydrogen-bond donors (Lipinski definition) is 2. The molecule has 0 fully saturated rings. The zero-order valence-corrected chi connectivity index (χ0v) is 16.9. The van der Waals surface area contributed by atoms with E-state index in [-0.39, 0.29) is 11.6 Å². The Morgan fingerprint density at radius 3 is 2.72 bits per heavy atom. The van der Waals surface area contributed by atoms with E-state index in [2.05, 4.69) is 20.6 Å². The van der Waals surface area contributed by atoms with Gasteiger partial charge in [-0.3, -0.25) is 9.59 Å². The van der Waals surface area contributed by atoms with Gasteiger partial charge in [0.25, 0.3) is 5.91 Å². The van der Waals surface area contributed by atoms with Crippen LogP contribution in [0, 0.1) is 0 Å². The number of benzene rings is 1. The Hall–Kier alpha value is -3.26. The van der Waals surface area contributed by atoms with Gasteiger partial charge in [-0.15, -0.1) is 11.3 Å². The molecule has 29 heavy (non-hydrogen) atoms. The summed E-state index contributed by atoms with van der Waals surface area (Å²) in [7, 11) is 0. The molecule has 2 N–H and O–H groups in total. The number of carbonyl (C=O) groups is 2. The summed E-state index contributed by atoms with van der Waals surface area (Å²) in [6.07, 6.45) is 3.42. The van der Waals surface area contributed by atoms with E-state index in [1.54, 1.807) is 23.7 Å². The molecule has 2 aromatic heterocycles. The summed E-state index contributed by atoms with van der Waals surface area (Å²) < 4.78 is 5.59. The molecule has 0 radical (unpaired) electrons. The van der Waals surface area contributed by atoms with E-state index in [9.17, 15) is 9.59 Å². The molecule has 0 bridgehead atoms. The monoisotopic (exact) mass is 410 g/mol. The summed E-state index contributed by atoms with van der Waals surface area (Å²) in [5.41, 5.74) is 1.30. The van der Waals surface area contributed by atoms with Crippen LogP contribution in [-0.2, 0) is 11.2 Å². The zero-order valence-electron chi connectivity index (χ0n) is 16.1. The standard InChI is InChI=1S/C21H22N4O3S/c1-2-13-28-17-9-6-12-22-19(17)25-20(27)16-14-29-21(23-16)24-18(26)11-10-15-7-4-3-5-8-15/h3-9,12,14H,2,10-11,13H2,1H3,(H,22,25,27)(H,23,24,26). The Kier molecular flexibility index (Phi) is 7.29. The summed E-state index contributed by atoms with van der Waals surface area (Å²) in [5.74, 6) is 0.293. The Balaban J connectivity index is 1.55. The average molecular weight is 410 g/mol. The lowest BCUT2D eigenvalue weighted by molar-refractivity contribution is -0.116. The van der Waals surface area contributed by atoms with Crippen molar-refractivity contribution >= 4 is 34.1 Å². The van der Waals surface area contributed by atoms with Gasteiger partial charge in [-0.1, -0.05) is 37.3 Å². The minimum atomic E-state index is -0.411. The maximum absolute atomic E-state index is 12.5. The molecule has 7 nitrogen and oxygen atoms in total. The van der Waals surface area contributed by atoms with Crippen molar-refractivity contribution in [1.29, 1.82) is 0 Å². The summed E-state index contributed by atoms with van der Waals surface area (Å²) in [4.78, 5) is 33.0. The highest BCUT2D eigenvalue weighted by molar-refractivity contribution is 7.14. The van der Waals surface area contributed by atoms with E-state index < -0.39 is 5.91 Å². The van der Waals surface area contributed by atoms with Gasteiger partial charge in [0, 0.05) is 18.0 Å². The minimum Gasteiger partial charge on any atom is -0.490 e. The van der Waals surface area contributed by atoms with E-state index in [4.69, 9.17) is 4.74 Å². The number of carbonyl (C=O) groups excluding carboxylic acids is 2. The zero-order chi connectivity index (χ0) is 20.5. The van der Waals surface area contributed by atoms with Crippen molar-refractivity contribution in [3.63, 3.8) is 0 Å². The number of nitrogens with zero attached hydrogens (tertiary/aromatic N) is 2. The molecule has 0 unspecified atom stereocenters. The summed E-state index contributed by atoms with van der Waals surface area (Å²) in [6, 6.07) is 13.3. The number of ether oxygens (including phenoxy) is 1. The van der Waals surface area contributed by atoms with Gasteiger partial charge in [0.1, 0.15) is 5.69 Å². The number of rotatable bonds is 9. The van der Waals surface area contributed by atoms with Crippen molar-refractivity contribution in [2.24, 2.45) is 0 Å². The predicted molar refractivity (Wildman–Crippen MR) is 113 cm³/mol. The van der Waals surface area contributed by atoms with Gasteiger partial charge in [-0.2, -0.15) is 0 Å². The highest BCUT2D eigenvalue weighted by Crippen LogP contribution is 2.23. The second-order valence-electron chi connectivity index (χ2n) is 6.22. The minimum absolute atomic E-state index is 0.143. The first-order valence-electron chi connectivity index (χ1n) is 9.34. The molecular formula is C21H22N4O3S.